The van der Waals surface area contributed by atoms with Gasteiger partial charge >= 0.3 is 0 Å². The molecule has 0 fully saturated rings. The lowest BCUT2D eigenvalue weighted by Gasteiger charge is -2.19. The van der Waals surface area contributed by atoms with E-state index in [9.17, 15) is 0 Å². The highest BCUT2D eigenvalue weighted by Gasteiger charge is 2.15. The summed E-state index contributed by atoms with van der Waals surface area (Å²) in [5.74, 6) is 6.56. The number of hydrogen-bond acceptors (Lipinski definition) is 4. The smallest absolute Gasteiger partial charge is 0.123 e. The third kappa shape index (κ3) is 2.90. The Balaban J connectivity index is 2.26. The minimum atomic E-state index is 0.0650. The molecule has 1 atom stereocenters. The number of rotatable bonds is 5. The third-order valence-electron chi connectivity index (χ3n) is 2.99. The predicted octanol–water partition coefficient (Wildman–Crippen LogP) is 2.81. The van der Waals surface area contributed by atoms with Gasteiger partial charge in [-0.05, 0) is 47.4 Å². The van der Waals surface area contributed by atoms with Gasteiger partial charge in [0.05, 0.1) is 13.2 Å². The summed E-state index contributed by atoms with van der Waals surface area (Å²) in [6, 6.07) is 8.37. The quantitative estimate of drug-likeness (QED) is 0.643. The average molecular weight is 262 g/mol. The number of hydrogen-bond donors (Lipinski definition) is 2. The summed E-state index contributed by atoms with van der Waals surface area (Å²) < 4.78 is 5.44. The number of nitrogens with two attached hydrogens (primary N) is 1. The molecular weight excluding hydrogens is 244 g/mol. The zero-order valence-corrected chi connectivity index (χ0v) is 11.5. The Hall–Kier alpha value is -1.36. The van der Waals surface area contributed by atoms with Gasteiger partial charge in [0.1, 0.15) is 5.75 Å². The van der Waals surface area contributed by atoms with Crippen LogP contribution in [0.5, 0.6) is 5.75 Å². The number of thiophene rings is 1. The maximum atomic E-state index is 5.68. The van der Waals surface area contributed by atoms with Crippen LogP contribution < -0.4 is 16.0 Å². The maximum absolute atomic E-state index is 5.68. The van der Waals surface area contributed by atoms with Crippen molar-refractivity contribution in [3.8, 4) is 5.75 Å². The second-order valence-electron chi connectivity index (χ2n) is 4.30. The molecule has 0 saturated carbocycles. The van der Waals surface area contributed by atoms with Crippen molar-refractivity contribution in [2.24, 2.45) is 5.84 Å². The van der Waals surface area contributed by atoms with Gasteiger partial charge in [0.2, 0.25) is 0 Å². The van der Waals surface area contributed by atoms with E-state index in [2.05, 4.69) is 41.3 Å². The first-order valence-corrected chi connectivity index (χ1v) is 6.80. The Morgan fingerprint density at radius 3 is 2.83 bits per heavy atom. The van der Waals surface area contributed by atoms with Crippen LogP contribution in [-0.4, -0.2) is 7.11 Å². The third-order valence-corrected chi connectivity index (χ3v) is 3.72. The van der Waals surface area contributed by atoms with Crippen molar-refractivity contribution in [3.05, 3.63) is 51.7 Å². The number of aryl methyl sites for hydroxylation is 1. The fourth-order valence-corrected chi connectivity index (χ4v) is 2.69. The van der Waals surface area contributed by atoms with Crippen LogP contribution >= 0.6 is 11.3 Å². The summed E-state index contributed by atoms with van der Waals surface area (Å²) in [5.41, 5.74) is 6.43. The number of methoxy groups -OCH3 is 1. The first kappa shape index (κ1) is 13.1. The van der Waals surface area contributed by atoms with Crippen LogP contribution in [0.2, 0.25) is 0 Å². The van der Waals surface area contributed by atoms with Gasteiger partial charge in [0, 0.05) is 5.56 Å². The normalized spacial score (nSPS) is 12.4. The molecule has 4 heteroatoms. The van der Waals surface area contributed by atoms with Crippen LogP contribution in [0.3, 0.4) is 0 Å². The fraction of sp³-hybridized carbons (Fsp3) is 0.286. The molecule has 3 nitrogen and oxygen atoms in total. The number of benzene rings is 1. The van der Waals surface area contributed by atoms with Crippen LogP contribution in [0.1, 0.15) is 22.7 Å². The molecule has 1 heterocycles. The zero-order valence-electron chi connectivity index (χ0n) is 10.6. The molecule has 1 aromatic heterocycles. The van der Waals surface area contributed by atoms with Gasteiger partial charge in [-0.15, -0.1) is 0 Å². The molecule has 0 saturated heterocycles. The fourth-order valence-electron chi connectivity index (χ4n) is 2.01. The zero-order chi connectivity index (χ0) is 13.0. The van der Waals surface area contributed by atoms with Crippen LogP contribution in [0, 0.1) is 6.92 Å². The predicted molar refractivity (Wildman–Crippen MR) is 75.8 cm³/mol. The van der Waals surface area contributed by atoms with Gasteiger partial charge in [-0.25, -0.2) is 0 Å². The van der Waals surface area contributed by atoms with E-state index >= 15 is 0 Å². The second-order valence-corrected chi connectivity index (χ2v) is 5.08. The van der Waals surface area contributed by atoms with E-state index in [1.54, 1.807) is 18.4 Å². The van der Waals surface area contributed by atoms with Crippen molar-refractivity contribution in [2.75, 3.05) is 7.11 Å². The molecule has 0 aliphatic carbocycles. The second kappa shape index (κ2) is 6.00. The van der Waals surface area contributed by atoms with E-state index in [-0.39, 0.29) is 6.04 Å². The summed E-state index contributed by atoms with van der Waals surface area (Å²) in [5, 5.41) is 4.22. The molecule has 0 aliphatic heterocycles. The van der Waals surface area contributed by atoms with Gasteiger partial charge in [0.15, 0.2) is 0 Å². The van der Waals surface area contributed by atoms with Gasteiger partial charge < -0.3 is 4.74 Å². The van der Waals surface area contributed by atoms with E-state index in [0.29, 0.717) is 0 Å². The molecule has 2 aromatic rings. The number of nitrogens with one attached hydrogen (secondary N) is 1. The van der Waals surface area contributed by atoms with E-state index in [4.69, 9.17) is 10.6 Å². The maximum Gasteiger partial charge on any atom is 0.123 e. The van der Waals surface area contributed by atoms with E-state index < -0.39 is 0 Å². The van der Waals surface area contributed by atoms with Gasteiger partial charge in [-0.3, -0.25) is 11.3 Å². The highest BCUT2D eigenvalue weighted by atomic mass is 32.1. The molecule has 0 aliphatic rings. The van der Waals surface area contributed by atoms with Crippen LogP contribution in [0.4, 0.5) is 0 Å². The molecule has 1 aromatic carbocycles. The van der Waals surface area contributed by atoms with E-state index in [1.165, 1.54) is 11.1 Å². The lowest BCUT2D eigenvalue weighted by Crippen LogP contribution is -2.29. The summed E-state index contributed by atoms with van der Waals surface area (Å²) in [6.45, 7) is 2.05. The van der Waals surface area contributed by atoms with Gasteiger partial charge in [0.25, 0.3) is 0 Å². The average Bonchev–Trinajstić information content (AvgIpc) is 2.89. The summed E-state index contributed by atoms with van der Waals surface area (Å²) in [7, 11) is 1.69. The van der Waals surface area contributed by atoms with Crippen molar-refractivity contribution in [1.29, 1.82) is 0 Å². The monoisotopic (exact) mass is 262 g/mol. The first-order valence-electron chi connectivity index (χ1n) is 5.86. The molecule has 1 unspecified atom stereocenters. The van der Waals surface area contributed by atoms with E-state index in [0.717, 1.165) is 17.7 Å². The van der Waals surface area contributed by atoms with E-state index in [1.807, 2.05) is 6.07 Å². The standard InChI is InChI=1S/C14H18N2OS/c1-10-3-4-12(14(7-10)17-2)13(16-15)8-11-5-6-18-9-11/h3-7,9,13,16H,8,15H2,1-2H3. The number of hydrazine groups is 1. The molecule has 0 radical (unpaired) electrons. The molecule has 0 bridgehead atoms. The summed E-state index contributed by atoms with van der Waals surface area (Å²) >= 11 is 1.70. The Kier molecular flexibility index (Phi) is 4.36. The van der Waals surface area contributed by atoms with Crippen LogP contribution in [-0.2, 0) is 6.42 Å². The first-order chi connectivity index (χ1) is 8.74. The van der Waals surface area contributed by atoms with Gasteiger partial charge in [-0.2, -0.15) is 11.3 Å². The van der Waals surface area contributed by atoms with Crippen molar-refractivity contribution in [3.63, 3.8) is 0 Å². The van der Waals surface area contributed by atoms with Crippen molar-refractivity contribution in [2.45, 2.75) is 19.4 Å². The summed E-state index contributed by atoms with van der Waals surface area (Å²) in [4.78, 5) is 0. The van der Waals surface area contributed by atoms with Crippen LogP contribution in [0.25, 0.3) is 0 Å². The largest absolute Gasteiger partial charge is 0.496 e. The lowest BCUT2D eigenvalue weighted by molar-refractivity contribution is 0.398. The molecule has 0 amide bonds. The minimum Gasteiger partial charge on any atom is -0.496 e. The Labute approximate surface area is 112 Å². The van der Waals surface area contributed by atoms with Gasteiger partial charge in [-0.1, -0.05) is 12.1 Å². The van der Waals surface area contributed by atoms with Crippen molar-refractivity contribution < 1.29 is 4.74 Å². The molecule has 18 heavy (non-hydrogen) atoms. The number of ether oxygens (including phenoxy) is 1. The molecular formula is C14H18N2OS. The molecule has 96 valence electrons. The highest BCUT2D eigenvalue weighted by molar-refractivity contribution is 7.07. The topological polar surface area (TPSA) is 47.3 Å². The van der Waals surface area contributed by atoms with Crippen LogP contribution in [0.15, 0.2) is 35.0 Å². The highest BCUT2D eigenvalue weighted by Crippen LogP contribution is 2.28. The van der Waals surface area contributed by atoms with Crippen molar-refractivity contribution in [1.82, 2.24) is 5.43 Å². The SMILES string of the molecule is COc1cc(C)ccc1C(Cc1ccsc1)NN. The van der Waals surface area contributed by atoms with Crippen molar-refractivity contribution >= 4 is 11.3 Å². The lowest BCUT2D eigenvalue weighted by atomic mass is 9.99. The Morgan fingerprint density at radius 1 is 1.39 bits per heavy atom. The Bertz CT molecular complexity index is 497. The molecule has 3 N–H and O–H groups in total. The minimum absolute atomic E-state index is 0.0650. The molecule has 0 spiro atoms. The summed E-state index contributed by atoms with van der Waals surface area (Å²) in [6.07, 6.45) is 0.861. The Morgan fingerprint density at radius 2 is 2.22 bits per heavy atom. The molecule has 2 rings (SSSR count).